The Kier molecular flexibility index (Phi) is 9.35. The molecule has 8 nitrogen and oxygen atoms in total. The Morgan fingerprint density at radius 3 is 2.26 bits per heavy atom. The van der Waals surface area contributed by atoms with Gasteiger partial charge in [-0.1, -0.05) is 19.9 Å². The first-order valence-corrected chi connectivity index (χ1v) is 10.1. The van der Waals surface area contributed by atoms with Gasteiger partial charge in [-0.05, 0) is 49.2 Å². The van der Waals surface area contributed by atoms with E-state index in [1.54, 1.807) is 43.5 Å². The summed E-state index contributed by atoms with van der Waals surface area (Å²) in [6.45, 7) is 3.42. The van der Waals surface area contributed by atoms with Crippen molar-refractivity contribution in [2.75, 3.05) is 25.6 Å². The number of carbonyl (C=O) groups is 3. The number of rotatable bonds is 11. The number of hydrogen-bond donors (Lipinski definition) is 2. The van der Waals surface area contributed by atoms with Crippen molar-refractivity contribution >= 4 is 23.5 Å². The van der Waals surface area contributed by atoms with Crippen molar-refractivity contribution in [3.8, 4) is 11.5 Å². The second-order valence-electron chi connectivity index (χ2n) is 6.75. The van der Waals surface area contributed by atoms with Gasteiger partial charge in [-0.15, -0.1) is 0 Å². The molecule has 0 fully saturated rings. The molecule has 0 aliphatic carbocycles. The van der Waals surface area contributed by atoms with Crippen LogP contribution in [-0.2, 0) is 14.3 Å². The molecular formula is C23H28N2O6. The van der Waals surface area contributed by atoms with E-state index in [2.05, 4.69) is 10.6 Å². The van der Waals surface area contributed by atoms with Crippen LogP contribution in [0, 0.1) is 0 Å². The Labute approximate surface area is 181 Å². The van der Waals surface area contributed by atoms with Crippen LogP contribution in [0.15, 0.2) is 48.5 Å². The van der Waals surface area contributed by atoms with Gasteiger partial charge in [0.15, 0.2) is 13.2 Å². The number of hydrogen-bond acceptors (Lipinski definition) is 6. The lowest BCUT2D eigenvalue weighted by atomic mass is 10.2. The quantitative estimate of drug-likeness (QED) is 0.533. The fourth-order valence-corrected chi connectivity index (χ4v) is 2.71. The summed E-state index contributed by atoms with van der Waals surface area (Å²) in [4.78, 5) is 36.0. The molecule has 0 saturated carbocycles. The van der Waals surface area contributed by atoms with E-state index in [0.29, 0.717) is 17.2 Å². The van der Waals surface area contributed by atoms with Crippen LogP contribution in [0.3, 0.4) is 0 Å². The molecule has 0 atom stereocenters. The van der Waals surface area contributed by atoms with Gasteiger partial charge in [-0.3, -0.25) is 9.59 Å². The summed E-state index contributed by atoms with van der Waals surface area (Å²) >= 11 is 0. The molecule has 0 heterocycles. The third-order valence-electron chi connectivity index (χ3n) is 4.50. The summed E-state index contributed by atoms with van der Waals surface area (Å²) in [5.74, 6) is -0.218. The first-order chi connectivity index (χ1) is 14.9. The van der Waals surface area contributed by atoms with Crippen molar-refractivity contribution in [3.63, 3.8) is 0 Å². The van der Waals surface area contributed by atoms with E-state index in [4.69, 9.17) is 14.2 Å². The lowest BCUT2D eigenvalue weighted by Gasteiger charge is -2.14. The summed E-state index contributed by atoms with van der Waals surface area (Å²) in [5, 5.41) is 5.51. The van der Waals surface area contributed by atoms with Gasteiger partial charge in [-0.25, -0.2) is 4.79 Å². The van der Waals surface area contributed by atoms with Gasteiger partial charge in [-0.2, -0.15) is 0 Å². The molecule has 166 valence electrons. The van der Waals surface area contributed by atoms with E-state index >= 15 is 0 Å². The molecule has 0 aromatic heterocycles. The number of anilines is 1. The number of carbonyl (C=O) groups excluding carboxylic acids is 3. The van der Waals surface area contributed by atoms with E-state index in [1.165, 1.54) is 12.1 Å². The molecule has 2 N–H and O–H groups in total. The Morgan fingerprint density at radius 1 is 0.903 bits per heavy atom. The van der Waals surface area contributed by atoms with Crippen molar-refractivity contribution in [2.45, 2.75) is 32.7 Å². The maximum atomic E-state index is 12.1. The Morgan fingerprint density at radius 2 is 1.61 bits per heavy atom. The molecule has 31 heavy (non-hydrogen) atoms. The molecule has 8 heteroatoms. The van der Waals surface area contributed by atoms with Crippen LogP contribution >= 0.6 is 0 Å². The summed E-state index contributed by atoms with van der Waals surface area (Å²) in [6, 6.07) is 13.2. The van der Waals surface area contributed by atoms with Crippen molar-refractivity contribution in [2.24, 2.45) is 0 Å². The fourth-order valence-electron chi connectivity index (χ4n) is 2.71. The highest BCUT2D eigenvalue weighted by Crippen LogP contribution is 2.17. The van der Waals surface area contributed by atoms with Gasteiger partial charge in [0.05, 0.1) is 12.7 Å². The molecule has 2 amide bonds. The first kappa shape index (κ1) is 23.7. The standard InChI is InChI=1S/C23H28N2O6/c1-4-17(5-2)24-22(27)15-31-23(28)16-9-11-19(12-10-16)30-14-21(26)25-18-7-6-8-20(13-18)29-3/h6-13,17H,4-5,14-15H2,1-3H3,(H,24,27)(H,25,26). The molecule has 0 bridgehead atoms. The number of nitrogens with one attached hydrogen (secondary N) is 2. The zero-order chi connectivity index (χ0) is 22.6. The highest BCUT2D eigenvalue weighted by Gasteiger charge is 2.13. The van der Waals surface area contributed by atoms with Crippen molar-refractivity contribution in [1.29, 1.82) is 0 Å². The van der Waals surface area contributed by atoms with Gasteiger partial charge in [0.25, 0.3) is 11.8 Å². The first-order valence-electron chi connectivity index (χ1n) is 10.1. The van der Waals surface area contributed by atoms with Crippen LogP contribution in [0.2, 0.25) is 0 Å². The maximum absolute atomic E-state index is 12.1. The van der Waals surface area contributed by atoms with Gasteiger partial charge in [0, 0.05) is 17.8 Å². The summed E-state index contributed by atoms with van der Waals surface area (Å²) in [5.41, 5.74) is 0.878. The molecule has 2 rings (SSSR count). The average Bonchev–Trinajstić information content (AvgIpc) is 2.80. The Hall–Kier alpha value is -3.55. The van der Waals surface area contributed by atoms with Gasteiger partial charge in [0.1, 0.15) is 11.5 Å². The zero-order valence-electron chi connectivity index (χ0n) is 18.0. The van der Waals surface area contributed by atoms with E-state index in [1.807, 2.05) is 13.8 Å². The predicted molar refractivity (Wildman–Crippen MR) is 116 cm³/mol. The molecule has 0 spiro atoms. The SMILES string of the molecule is CCC(CC)NC(=O)COC(=O)c1ccc(OCC(=O)Nc2cccc(OC)c2)cc1. The number of benzene rings is 2. The number of methoxy groups -OCH3 is 1. The number of esters is 1. The molecule has 0 saturated heterocycles. The monoisotopic (exact) mass is 428 g/mol. The molecule has 2 aromatic rings. The molecule has 0 radical (unpaired) electrons. The van der Waals surface area contributed by atoms with Crippen LogP contribution in [0.5, 0.6) is 11.5 Å². The topological polar surface area (TPSA) is 103 Å². The van der Waals surface area contributed by atoms with Crippen molar-refractivity contribution < 1.29 is 28.6 Å². The summed E-state index contributed by atoms with van der Waals surface area (Å²) < 4.78 is 15.6. The second kappa shape index (κ2) is 12.2. The molecular weight excluding hydrogens is 400 g/mol. The van der Waals surface area contributed by atoms with Crippen LogP contribution in [0.4, 0.5) is 5.69 Å². The van der Waals surface area contributed by atoms with Crippen LogP contribution in [-0.4, -0.2) is 44.1 Å². The lowest BCUT2D eigenvalue weighted by Crippen LogP contribution is -2.36. The number of ether oxygens (including phenoxy) is 3. The summed E-state index contributed by atoms with van der Waals surface area (Å²) in [6.07, 6.45) is 1.63. The van der Waals surface area contributed by atoms with E-state index in [0.717, 1.165) is 12.8 Å². The molecule has 0 unspecified atom stereocenters. The minimum Gasteiger partial charge on any atom is -0.497 e. The lowest BCUT2D eigenvalue weighted by molar-refractivity contribution is -0.125. The average molecular weight is 428 g/mol. The predicted octanol–water partition coefficient (Wildman–Crippen LogP) is 3.17. The third-order valence-corrected chi connectivity index (χ3v) is 4.50. The van der Waals surface area contributed by atoms with Crippen molar-refractivity contribution in [3.05, 3.63) is 54.1 Å². The van der Waals surface area contributed by atoms with Crippen molar-refractivity contribution in [1.82, 2.24) is 5.32 Å². The highest BCUT2D eigenvalue weighted by molar-refractivity contribution is 5.92. The Bertz CT molecular complexity index is 878. The Balaban J connectivity index is 1.78. The second-order valence-corrected chi connectivity index (χ2v) is 6.75. The van der Waals surface area contributed by atoms with Gasteiger partial charge < -0.3 is 24.8 Å². The molecule has 2 aromatic carbocycles. The van der Waals surface area contributed by atoms with Crippen LogP contribution in [0.1, 0.15) is 37.0 Å². The van der Waals surface area contributed by atoms with E-state index in [9.17, 15) is 14.4 Å². The van der Waals surface area contributed by atoms with E-state index in [-0.39, 0.29) is 36.6 Å². The summed E-state index contributed by atoms with van der Waals surface area (Å²) in [7, 11) is 1.55. The third kappa shape index (κ3) is 8.00. The van der Waals surface area contributed by atoms with Gasteiger partial charge >= 0.3 is 5.97 Å². The largest absolute Gasteiger partial charge is 0.497 e. The fraction of sp³-hybridized carbons (Fsp3) is 0.348. The van der Waals surface area contributed by atoms with Gasteiger partial charge in [0.2, 0.25) is 0 Å². The molecule has 0 aliphatic rings. The number of amides is 2. The highest BCUT2D eigenvalue weighted by atomic mass is 16.5. The smallest absolute Gasteiger partial charge is 0.338 e. The molecule has 0 aliphatic heterocycles. The zero-order valence-corrected chi connectivity index (χ0v) is 18.0. The normalized spacial score (nSPS) is 10.3. The minimum atomic E-state index is -0.609. The maximum Gasteiger partial charge on any atom is 0.338 e. The van der Waals surface area contributed by atoms with Crippen LogP contribution < -0.4 is 20.1 Å². The van der Waals surface area contributed by atoms with E-state index < -0.39 is 5.97 Å². The van der Waals surface area contributed by atoms with Crippen LogP contribution in [0.25, 0.3) is 0 Å². The minimum absolute atomic E-state index is 0.0729.